The summed E-state index contributed by atoms with van der Waals surface area (Å²) in [4.78, 5) is 10.9. The van der Waals surface area contributed by atoms with Crippen LogP contribution < -0.4 is 5.32 Å². The predicted octanol–water partition coefficient (Wildman–Crippen LogP) is 0.512. The second kappa shape index (κ2) is 6.35. The molecule has 1 aliphatic rings. The second-order valence-electron chi connectivity index (χ2n) is 4.94. The third-order valence-electron chi connectivity index (χ3n) is 3.15. The van der Waals surface area contributed by atoms with Crippen LogP contribution in [0.15, 0.2) is 0 Å². The minimum Gasteiger partial charge on any atom is -0.481 e. The molecule has 1 atom stereocenters. The van der Waals surface area contributed by atoms with Crippen LogP contribution in [0.2, 0.25) is 0 Å². The summed E-state index contributed by atoms with van der Waals surface area (Å²) in [6, 6.07) is 0. The van der Waals surface area contributed by atoms with Crippen molar-refractivity contribution in [2.75, 3.05) is 25.1 Å². The number of carbonyl (C=O) groups is 1. The van der Waals surface area contributed by atoms with Gasteiger partial charge in [0.05, 0.1) is 11.7 Å². The van der Waals surface area contributed by atoms with Crippen LogP contribution in [-0.4, -0.2) is 44.6 Å². The zero-order chi connectivity index (χ0) is 12.9. The highest BCUT2D eigenvalue weighted by atomic mass is 32.2. The van der Waals surface area contributed by atoms with Crippen LogP contribution in [0, 0.1) is 11.8 Å². The zero-order valence-electron chi connectivity index (χ0n) is 10.2. The lowest BCUT2D eigenvalue weighted by Crippen LogP contribution is -2.35. The van der Waals surface area contributed by atoms with Crippen LogP contribution in [-0.2, 0) is 14.6 Å². The van der Waals surface area contributed by atoms with Crippen molar-refractivity contribution in [3.8, 4) is 0 Å². The van der Waals surface area contributed by atoms with Crippen molar-refractivity contribution in [3.05, 3.63) is 0 Å². The SMILES string of the molecule is CS(=O)(=O)CC(CNCC1CCCC1)C(=O)O. The van der Waals surface area contributed by atoms with Crippen LogP contribution in [0.3, 0.4) is 0 Å². The monoisotopic (exact) mass is 263 g/mol. The molecule has 1 saturated carbocycles. The Morgan fingerprint density at radius 3 is 2.47 bits per heavy atom. The van der Waals surface area contributed by atoms with Crippen LogP contribution in [0.4, 0.5) is 0 Å². The molecule has 6 heteroatoms. The van der Waals surface area contributed by atoms with Crippen molar-refractivity contribution in [2.24, 2.45) is 11.8 Å². The predicted molar refractivity (Wildman–Crippen MR) is 65.7 cm³/mol. The lowest BCUT2D eigenvalue weighted by atomic mass is 10.1. The molecule has 0 spiro atoms. The topological polar surface area (TPSA) is 83.5 Å². The van der Waals surface area contributed by atoms with Gasteiger partial charge < -0.3 is 10.4 Å². The van der Waals surface area contributed by atoms with Gasteiger partial charge in [-0.25, -0.2) is 8.42 Å². The molecule has 0 bridgehead atoms. The maximum absolute atomic E-state index is 11.1. The average molecular weight is 263 g/mol. The number of aliphatic carboxylic acids is 1. The van der Waals surface area contributed by atoms with Gasteiger partial charge in [-0.1, -0.05) is 12.8 Å². The van der Waals surface area contributed by atoms with E-state index in [2.05, 4.69) is 5.32 Å². The van der Waals surface area contributed by atoms with Crippen molar-refractivity contribution in [3.63, 3.8) is 0 Å². The van der Waals surface area contributed by atoms with E-state index in [0.717, 1.165) is 12.8 Å². The van der Waals surface area contributed by atoms with E-state index in [-0.39, 0.29) is 12.3 Å². The smallest absolute Gasteiger partial charge is 0.308 e. The summed E-state index contributed by atoms with van der Waals surface area (Å²) in [5, 5.41) is 12.0. The van der Waals surface area contributed by atoms with Gasteiger partial charge in [0.25, 0.3) is 0 Å². The van der Waals surface area contributed by atoms with Gasteiger partial charge in [-0.15, -0.1) is 0 Å². The first-order valence-electron chi connectivity index (χ1n) is 6.00. The lowest BCUT2D eigenvalue weighted by molar-refractivity contribution is -0.140. The molecule has 0 aromatic rings. The molecule has 1 rings (SSSR count). The van der Waals surface area contributed by atoms with Crippen molar-refractivity contribution < 1.29 is 18.3 Å². The third-order valence-corrected chi connectivity index (χ3v) is 4.16. The van der Waals surface area contributed by atoms with Crippen LogP contribution in [0.25, 0.3) is 0 Å². The van der Waals surface area contributed by atoms with E-state index in [1.54, 1.807) is 0 Å². The number of hydrogen-bond acceptors (Lipinski definition) is 4. The van der Waals surface area contributed by atoms with E-state index < -0.39 is 21.7 Å². The summed E-state index contributed by atoms with van der Waals surface area (Å²) in [5.74, 6) is -1.55. The van der Waals surface area contributed by atoms with Gasteiger partial charge in [-0.3, -0.25) is 4.79 Å². The molecule has 0 radical (unpaired) electrons. The highest BCUT2D eigenvalue weighted by Gasteiger charge is 2.23. The van der Waals surface area contributed by atoms with Crippen LogP contribution in [0.1, 0.15) is 25.7 Å². The Morgan fingerprint density at radius 1 is 1.41 bits per heavy atom. The molecule has 1 aliphatic carbocycles. The lowest BCUT2D eigenvalue weighted by Gasteiger charge is -2.14. The minimum atomic E-state index is -3.24. The Kier molecular flexibility index (Phi) is 5.39. The number of rotatable bonds is 7. The maximum Gasteiger partial charge on any atom is 0.308 e. The Balaban J connectivity index is 2.31. The summed E-state index contributed by atoms with van der Waals surface area (Å²) in [5.41, 5.74) is 0. The van der Waals surface area contributed by atoms with E-state index in [4.69, 9.17) is 5.11 Å². The van der Waals surface area contributed by atoms with Crippen LogP contribution >= 0.6 is 0 Å². The van der Waals surface area contributed by atoms with Gasteiger partial charge in [-0.2, -0.15) is 0 Å². The van der Waals surface area contributed by atoms with Crippen molar-refractivity contribution >= 4 is 15.8 Å². The Labute approximate surface area is 103 Å². The normalized spacial score (nSPS) is 19.4. The zero-order valence-corrected chi connectivity index (χ0v) is 11.0. The minimum absolute atomic E-state index is 0.235. The van der Waals surface area contributed by atoms with E-state index >= 15 is 0 Å². The molecule has 0 aromatic heterocycles. The van der Waals surface area contributed by atoms with Gasteiger partial charge in [0.15, 0.2) is 0 Å². The first-order valence-corrected chi connectivity index (χ1v) is 8.06. The second-order valence-corrected chi connectivity index (χ2v) is 7.12. The summed E-state index contributed by atoms with van der Waals surface area (Å²) in [6.45, 7) is 1.03. The van der Waals surface area contributed by atoms with E-state index in [1.807, 2.05) is 0 Å². The molecular weight excluding hydrogens is 242 g/mol. The molecule has 2 N–H and O–H groups in total. The highest BCUT2D eigenvalue weighted by molar-refractivity contribution is 7.90. The molecule has 5 nitrogen and oxygen atoms in total. The molecule has 1 unspecified atom stereocenters. The molecule has 0 amide bonds. The molecule has 100 valence electrons. The molecule has 0 saturated heterocycles. The quantitative estimate of drug-likeness (QED) is 0.699. The van der Waals surface area contributed by atoms with Gasteiger partial charge in [0, 0.05) is 12.8 Å². The van der Waals surface area contributed by atoms with Crippen molar-refractivity contribution in [1.29, 1.82) is 0 Å². The van der Waals surface area contributed by atoms with Crippen LogP contribution in [0.5, 0.6) is 0 Å². The Hall–Kier alpha value is -0.620. The molecule has 0 aliphatic heterocycles. The molecule has 1 fully saturated rings. The average Bonchev–Trinajstić information content (AvgIpc) is 2.67. The number of nitrogens with one attached hydrogen (secondary N) is 1. The van der Waals surface area contributed by atoms with Crippen molar-refractivity contribution in [1.82, 2.24) is 5.32 Å². The summed E-state index contributed by atoms with van der Waals surface area (Å²) in [7, 11) is -3.24. The summed E-state index contributed by atoms with van der Waals surface area (Å²) in [6.07, 6.45) is 5.95. The maximum atomic E-state index is 11.1. The highest BCUT2D eigenvalue weighted by Crippen LogP contribution is 2.23. The molecule has 0 heterocycles. The molecular formula is C11H21NO4S. The molecule has 17 heavy (non-hydrogen) atoms. The largest absolute Gasteiger partial charge is 0.481 e. The van der Waals surface area contributed by atoms with E-state index in [1.165, 1.54) is 25.7 Å². The number of sulfone groups is 1. The first kappa shape index (κ1) is 14.4. The van der Waals surface area contributed by atoms with E-state index in [9.17, 15) is 13.2 Å². The number of carboxylic acid groups (broad SMARTS) is 1. The van der Waals surface area contributed by atoms with Gasteiger partial charge in [-0.05, 0) is 25.3 Å². The number of carboxylic acids is 1. The van der Waals surface area contributed by atoms with Gasteiger partial charge in [0.2, 0.25) is 0 Å². The van der Waals surface area contributed by atoms with E-state index in [0.29, 0.717) is 5.92 Å². The summed E-state index contributed by atoms with van der Waals surface area (Å²) >= 11 is 0. The first-order chi connectivity index (χ1) is 7.88. The summed E-state index contributed by atoms with van der Waals surface area (Å²) < 4.78 is 22.1. The Morgan fingerprint density at radius 2 is 2.00 bits per heavy atom. The fourth-order valence-electron chi connectivity index (χ4n) is 2.26. The van der Waals surface area contributed by atoms with Gasteiger partial charge >= 0.3 is 5.97 Å². The number of hydrogen-bond donors (Lipinski definition) is 2. The molecule has 0 aromatic carbocycles. The fraction of sp³-hybridized carbons (Fsp3) is 0.909. The standard InChI is InChI=1S/C11H21NO4S/c1-17(15,16)8-10(11(13)14)7-12-6-9-4-2-3-5-9/h9-10,12H,2-8H2,1H3,(H,13,14). The van der Waals surface area contributed by atoms with Gasteiger partial charge in [0.1, 0.15) is 9.84 Å². The third kappa shape index (κ3) is 6.02. The Bertz CT molecular complexity index is 346. The fourth-order valence-corrected chi connectivity index (χ4v) is 3.25. The van der Waals surface area contributed by atoms with Crippen molar-refractivity contribution in [2.45, 2.75) is 25.7 Å².